The molecule has 0 aliphatic carbocycles. The van der Waals surface area contributed by atoms with Crippen molar-refractivity contribution in [1.82, 2.24) is 14.9 Å². The molecule has 0 unspecified atom stereocenters. The lowest BCUT2D eigenvalue weighted by molar-refractivity contribution is 0.0762. The fourth-order valence-electron chi connectivity index (χ4n) is 3.54. The summed E-state index contributed by atoms with van der Waals surface area (Å²) in [5.41, 5.74) is 3.33. The van der Waals surface area contributed by atoms with E-state index in [-0.39, 0.29) is 5.91 Å². The van der Waals surface area contributed by atoms with E-state index in [0.717, 1.165) is 53.7 Å². The van der Waals surface area contributed by atoms with Crippen molar-refractivity contribution < 1.29 is 4.79 Å². The molecule has 4 rings (SSSR count). The number of rotatable bonds is 2. The van der Waals surface area contributed by atoms with E-state index in [4.69, 9.17) is 0 Å². The molecule has 1 amide bonds. The Balaban J connectivity index is 1.80. The summed E-state index contributed by atoms with van der Waals surface area (Å²) >= 11 is 0. The summed E-state index contributed by atoms with van der Waals surface area (Å²) in [4.78, 5) is 24.0. The highest BCUT2D eigenvalue weighted by Gasteiger charge is 2.21. The predicted octanol–water partition coefficient (Wildman–Crippen LogP) is 4.31. The number of benzene rings is 2. The van der Waals surface area contributed by atoms with Gasteiger partial charge in [0.05, 0.1) is 11.2 Å². The predicted molar refractivity (Wildman–Crippen MR) is 99.3 cm³/mol. The number of amides is 1. The molecule has 2 heterocycles. The first kappa shape index (κ1) is 15.8. The van der Waals surface area contributed by atoms with E-state index in [2.05, 4.69) is 9.97 Å². The lowest BCUT2D eigenvalue weighted by Crippen LogP contribution is -2.32. The van der Waals surface area contributed by atoms with Gasteiger partial charge in [0.2, 0.25) is 0 Å². The summed E-state index contributed by atoms with van der Waals surface area (Å²) < 4.78 is 0. The van der Waals surface area contributed by atoms with Crippen LogP contribution in [0, 0.1) is 0 Å². The first-order valence-electron chi connectivity index (χ1n) is 8.93. The zero-order valence-corrected chi connectivity index (χ0v) is 14.2. The van der Waals surface area contributed by atoms with E-state index in [1.165, 1.54) is 12.8 Å². The highest BCUT2D eigenvalue weighted by molar-refractivity contribution is 6.04. The summed E-state index contributed by atoms with van der Waals surface area (Å²) in [6, 6.07) is 15.7. The molecular weight excluding hydrogens is 310 g/mol. The van der Waals surface area contributed by atoms with Gasteiger partial charge in [0.25, 0.3) is 5.91 Å². The molecule has 0 saturated carbocycles. The standard InChI is InChI=1S/C21H21N3O/c25-21(24-13-7-1-2-8-14-24)17-10-4-3-9-16(17)20-18-11-5-6-12-19(18)22-15-23-20/h3-6,9-12,15H,1-2,7-8,13-14H2. The van der Waals surface area contributed by atoms with Crippen LogP contribution in [0.1, 0.15) is 36.0 Å². The first-order valence-corrected chi connectivity index (χ1v) is 8.93. The van der Waals surface area contributed by atoms with Gasteiger partial charge in [-0.25, -0.2) is 9.97 Å². The molecule has 0 atom stereocenters. The van der Waals surface area contributed by atoms with Crippen LogP contribution in [-0.4, -0.2) is 33.9 Å². The zero-order chi connectivity index (χ0) is 17.1. The molecule has 4 nitrogen and oxygen atoms in total. The van der Waals surface area contributed by atoms with E-state index >= 15 is 0 Å². The van der Waals surface area contributed by atoms with Crippen LogP contribution in [-0.2, 0) is 0 Å². The Hall–Kier alpha value is -2.75. The molecule has 1 aliphatic rings. The zero-order valence-electron chi connectivity index (χ0n) is 14.2. The van der Waals surface area contributed by atoms with Crippen LogP contribution in [0.3, 0.4) is 0 Å². The number of fused-ring (bicyclic) bond motifs is 1. The number of para-hydroxylation sites is 1. The normalized spacial score (nSPS) is 15.1. The number of carbonyl (C=O) groups is 1. The number of aromatic nitrogens is 2. The lowest BCUT2D eigenvalue weighted by atomic mass is 10.00. The Labute approximate surface area is 147 Å². The third-order valence-electron chi connectivity index (χ3n) is 4.85. The monoisotopic (exact) mass is 331 g/mol. The third kappa shape index (κ3) is 3.12. The topological polar surface area (TPSA) is 46.1 Å². The summed E-state index contributed by atoms with van der Waals surface area (Å²) in [6.07, 6.45) is 6.17. The minimum Gasteiger partial charge on any atom is -0.339 e. The number of hydrogen-bond acceptors (Lipinski definition) is 3. The third-order valence-corrected chi connectivity index (χ3v) is 4.85. The van der Waals surface area contributed by atoms with Gasteiger partial charge in [-0.15, -0.1) is 0 Å². The van der Waals surface area contributed by atoms with Gasteiger partial charge >= 0.3 is 0 Å². The maximum absolute atomic E-state index is 13.2. The molecule has 2 aromatic carbocycles. The van der Waals surface area contributed by atoms with Crippen molar-refractivity contribution in [3.63, 3.8) is 0 Å². The van der Waals surface area contributed by atoms with Crippen LogP contribution in [0.15, 0.2) is 54.9 Å². The van der Waals surface area contributed by atoms with Crippen LogP contribution < -0.4 is 0 Å². The molecule has 1 fully saturated rings. The average Bonchev–Trinajstić information content (AvgIpc) is 2.96. The Kier molecular flexibility index (Phi) is 4.42. The van der Waals surface area contributed by atoms with Gasteiger partial charge in [0.15, 0.2) is 0 Å². The van der Waals surface area contributed by atoms with Gasteiger partial charge < -0.3 is 4.90 Å². The highest BCUT2D eigenvalue weighted by Crippen LogP contribution is 2.29. The Morgan fingerprint density at radius 1 is 0.840 bits per heavy atom. The van der Waals surface area contributed by atoms with Crippen LogP contribution >= 0.6 is 0 Å². The van der Waals surface area contributed by atoms with Gasteiger partial charge in [-0.2, -0.15) is 0 Å². The van der Waals surface area contributed by atoms with Crippen LogP contribution in [0.2, 0.25) is 0 Å². The Morgan fingerprint density at radius 2 is 1.56 bits per heavy atom. The van der Waals surface area contributed by atoms with Gasteiger partial charge in [-0.1, -0.05) is 49.2 Å². The largest absolute Gasteiger partial charge is 0.339 e. The van der Waals surface area contributed by atoms with Crippen LogP contribution in [0.4, 0.5) is 0 Å². The van der Waals surface area contributed by atoms with E-state index in [9.17, 15) is 4.79 Å². The van der Waals surface area contributed by atoms with Crippen molar-refractivity contribution in [2.45, 2.75) is 25.7 Å². The number of likely N-dealkylation sites (tertiary alicyclic amines) is 1. The molecule has 0 spiro atoms. The van der Waals surface area contributed by atoms with Gasteiger partial charge in [-0.05, 0) is 25.0 Å². The molecular formula is C21H21N3O. The van der Waals surface area contributed by atoms with E-state index in [1.807, 2.05) is 53.4 Å². The number of carbonyl (C=O) groups excluding carboxylic acids is 1. The summed E-state index contributed by atoms with van der Waals surface area (Å²) in [5.74, 6) is 0.111. The molecule has 0 bridgehead atoms. The molecule has 1 aliphatic heterocycles. The summed E-state index contributed by atoms with van der Waals surface area (Å²) in [5, 5.41) is 0.973. The maximum atomic E-state index is 13.2. The SMILES string of the molecule is O=C(c1ccccc1-c1ncnc2ccccc12)N1CCCCCC1. The second kappa shape index (κ2) is 7.01. The van der Waals surface area contributed by atoms with E-state index in [1.54, 1.807) is 6.33 Å². The maximum Gasteiger partial charge on any atom is 0.254 e. The molecule has 4 heteroatoms. The highest BCUT2D eigenvalue weighted by atomic mass is 16.2. The van der Waals surface area contributed by atoms with Crippen molar-refractivity contribution in [2.75, 3.05) is 13.1 Å². The van der Waals surface area contributed by atoms with Crippen LogP contribution in [0.5, 0.6) is 0 Å². The van der Waals surface area contributed by atoms with Crippen LogP contribution in [0.25, 0.3) is 22.2 Å². The molecule has 3 aromatic rings. The minimum atomic E-state index is 0.111. The van der Waals surface area contributed by atoms with Gasteiger partial charge in [-0.3, -0.25) is 4.79 Å². The molecule has 1 aromatic heterocycles. The summed E-state index contributed by atoms with van der Waals surface area (Å²) in [6.45, 7) is 1.69. The van der Waals surface area contributed by atoms with E-state index < -0.39 is 0 Å². The van der Waals surface area contributed by atoms with Crippen molar-refractivity contribution in [1.29, 1.82) is 0 Å². The second-order valence-electron chi connectivity index (χ2n) is 6.49. The number of hydrogen-bond donors (Lipinski definition) is 0. The van der Waals surface area contributed by atoms with Crippen molar-refractivity contribution in [3.8, 4) is 11.3 Å². The molecule has 0 radical (unpaired) electrons. The van der Waals surface area contributed by atoms with E-state index in [0.29, 0.717) is 0 Å². The molecule has 0 N–H and O–H groups in total. The Morgan fingerprint density at radius 3 is 2.40 bits per heavy atom. The average molecular weight is 331 g/mol. The van der Waals surface area contributed by atoms with Crippen molar-refractivity contribution in [3.05, 3.63) is 60.4 Å². The molecule has 25 heavy (non-hydrogen) atoms. The smallest absolute Gasteiger partial charge is 0.254 e. The van der Waals surface area contributed by atoms with Gasteiger partial charge in [0, 0.05) is 29.6 Å². The summed E-state index contributed by atoms with van der Waals surface area (Å²) in [7, 11) is 0. The fraction of sp³-hybridized carbons (Fsp3) is 0.286. The molecule has 126 valence electrons. The fourth-order valence-corrected chi connectivity index (χ4v) is 3.54. The quantitative estimate of drug-likeness (QED) is 0.703. The second-order valence-corrected chi connectivity index (χ2v) is 6.49. The molecule has 1 saturated heterocycles. The number of nitrogens with zero attached hydrogens (tertiary/aromatic N) is 3. The Bertz CT molecular complexity index is 893. The van der Waals surface area contributed by atoms with Crippen molar-refractivity contribution >= 4 is 16.8 Å². The lowest BCUT2D eigenvalue weighted by Gasteiger charge is -2.22. The van der Waals surface area contributed by atoms with Crippen molar-refractivity contribution in [2.24, 2.45) is 0 Å². The van der Waals surface area contributed by atoms with Gasteiger partial charge in [0.1, 0.15) is 6.33 Å². The minimum absolute atomic E-state index is 0.111. The first-order chi connectivity index (χ1) is 12.3.